The SMILES string of the molecule is COc1ccccc1[C@@H](C)NC(=O)/C(=C/c1cccc([N+](=O)[O-])c1)c1ccccc1. The van der Waals surface area contributed by atoms with Crippen molar-refractivity contribution in [3.8, 4) is 5.75 Å². The zero-order chi connectivity index (χ0) is 21.5. The minimum atomic E-state index is -0.455. The molecule has 152 valence electrons. The summed E-state index contributed by atoms with van der Waals surface area (Å²) in [6.45, 7) is 1.88. The van der Waals surface area contributed by atoms with E-state index in [-0.39, 0.29) is 17.6 Å². The number of amides is 1. The summed E-state index contributed by atoms with van der Waals surface area (Å²) in [7, 11) is 1.59. The number of carbonyl (C=O) groups excluding carboxylic acids is 1. The largest absolute Gasteiger partial charge is 0.496 e. The molecule has 6 nitrogen and oxygen atoms in total. The fourth-order valence-corrected chi connectivity index (χ4v) is 3.17. The molecule has 0 aromatic heterocycles. The lowest BCUT2D eigenvalue weighted by molar-refractivity contribution is -0.384. The lowest BCUT2D eigenvalue weighted by Crippen LogP contribution is -2.27. The zero-order valence-corrected chi connectivity index (χ0v) is 16.7. The van der Waals surface area contributed by atoms with Crippen LogP contribution in [0.4, 0.5) is 5.69 Å². The summed E-state index contributed by atoms with van der Waals surface area (Å²) in [5.74, 6) is 0.403. The van der Waals surface area contributed by atoms with Crippen molar-refractivity contribution >= 4 is 23.2 Å². The Balaban J connectivity index is 1.96. The maximum atomic E-state index is 13.2. The minimum absolute atomic E-state index is 0.0287. The second-order valence-electron chi connectivity index (χ2n) is 6.71. The maximum Gasteiger partial charge on any atom is 0.270 e. The molecular formula is C24H22N2O4. The molecular weight excluding hydrogens is 380 g/mol. The minimum Gasteiger partial charge on any atom is -0.496 e. The van der Waals surface area contributed by atoms with Crippen LogP contribution in [-0.4, -0.2) is 17.9 Å². The Bertz CT molecular complexity index is 1080. The van der Waals surface area contributed by atoms with E-state index >= 15 is 0 Å². The number of hydrogen-bond donors (Lipinski definition) is 1. The van der Waals surface area contributed by atoms with Crippen LogP contribution in [-0.2, 0) is 4.79 Å². The first kappa shape index (κ1) is 20.8. The van der Waals surface area contributed by atoms with Gasteiger partial charge in [0.15, 0.2) is 0 Å². The predicted molar refractivity (Wildman–Crippen MR) is 117 cm³/mol. The third-order valence-electron chi connectivity index (χ3n) is 4.67. The van der Waals surface area contributed by atoms with Gasteiger partial charge in [-0.2, -0.15) is 0 Å². The van der Waals surface area contributed by atoms with Crippen LogP contribution in [0.5, 0.6) is 5.75 Å². The molecule has 6 heteroatoms. The number of nitrogens with zero attached hydrogens (tertiary/aromatic N) is 1. The Morgan fingerprint density at radius 2 is 1.73 bits per heavy atom. The third kappa shape index (κ3) is 4.91. The van der Waals surface area contributed by atoms with Gasteiger partial charge in [0, 0.05) is 23.3 Å². The number of para-hydroxylation sites is 1. The lowest BCUT2D eigenvalue weighted by Gasteiger charge is -2.18. The van der Waals surface area contributed by atoms with Crippen molar-refractivity contribution in [1.82, 2.24) is 5.32 Å². The molecule has 0 saturated heterocycles. The van der Waals surface area contributed by atoms with Crippen LogP contribution in [0.15, 0.2) is 78.9 Å². The molecule has 0 radical (unpaired) electrons. The molecule has 0 saturated carbocycles. The third-order valence-corrected chi connectivity index (χ3v) is 4.67. The second kappa shape index (κ2) is 9.52. The molecule has 30 heavy (non-hydrogen) atoms. The van der Waals surface area contributed by atoms with Gasteiger partial charge in [-0.3, -0.25) is 14.9 Å². The van der Waals surface area contributed by atoms with Crippen molar-refractivity contribution in [2.75, 3.05) is 7.11 Å². The number of nitro benzene ring substituents is 1. The highest BCUT2D eigenvalue weighted by atomic mass is 16.6. The average molecular weight is 402 g/mol. The number of benzene rings is 3. The highest BCUT2D eigenvalue weighted by Crippen LogP contribution is 2.26. The molecule has 3 aromatic rings. The molecule has 3 rings (SSSR count). The summed E-state index contributed by atoms with van der Waals surface area (Å²) >= 11 is 0. The number of non-ortho nitro benzene ring substituents is 1. The van der Waals surface area contributed by atoms with Gasteiger partial charge in [0.2, 0.25) is 0 Å². The summed E-state index contributed by atoms with van der Waals surface area (Å²) in [6, 6.07) is 22.6. The van der Waals surface area contributed by atoms with Crippen molar-refractivity contribution in [2.24, 2.45) is 0 Å². The van der Waals surface area contributed by atoms with Crippen LogP contribution in [0.2, 0.25) is 0 Å². The van der Waals surface area contributed by atoms with E-state index < -0.39 is 4.92 Å². The van der Waals surface area contributed by atoms with Gasteiger partial charge >= 0.3 is 0 Å². The Hall–Kier alpha value is -3.93. The van der Waals surface area contributed by atoms with E-state index in [1.165, 1.54) is 12.1 Å². The number of nitrogens with one attached hydrogen (secondary N) is 1. The Labute approximate surface area is 175 Å². The molecule has 0 fully saturated rings. The highest BCUT2D eigenvalue weighted by molar-refractivity contribution is 6.24. The normalized spacial score (nSPS) is 12.1. The summed E-state index contributed by atoms with van der Waals surface area (Å²) in [5.41, 5.74) is 2.53. The lowest BCUT2D eigenvalue weighted by atomic mass is 10.0. The summed E-state index contributed by atoms with van der Waals surface area (Å²) in [6.07, 6.45) is 1.66. The van der Waals surface area contributed by atoms with E-state index in [1.54, 1.807) is 25.3 Å². The first-order valence-corrected chi connectivity index (χ1v) is 9.45. The fourth-order valence-electron chi connectivity index (χ4n) is 3.17. The molecule has 1 atom stereocenters. The van der Waals surface area contributed by atoms with Gasteiger partial charge in [-0.25, -0.2) is 0 Å². The van der Waals surface area contributed by atoms with Crippen molar-refractivity contribution < 1.29 is 14.5 Å². The van der Waals surface area contributed by atoms with Crippen LogP contribution >= 0.6 is 0 Å². The standard InChI is InChI=1S/C24H22N2O4/c1-17(21-13-6-7-14-23(21)30-2)25-24(27)22(19-10-4-3-5-11-19)16-18-9-8-12-20(15-18)26(28)29/h3-17H,1-2H3,(H,25,27)/b22-16+/t17-/m1/s1. The van der Waals surface area contributed by atoms with Gasteiger partial charge in [0.1, 0.15) is 5.75 Å². The summed E-state index contributed by atoms with van der Waals surface area (Å²) < 4.78 is 5.39. The number of nitro groups is 1. The van der Waals surface area contributed by atoms with Gasteiger partial charge < -0.3 is 10.1 Å². The Morgan fingerprint density at radius 1 is 1.03 bits per heavy atom. The predicted octanol–water partition coefficient (Wildman–Crippen LogP) is 5.02. The van der Waals surface area contributed by atoms with Gasteiger partial charge in [-0.1, -0.05) is 60.7 Å². The summed E-state index contributed by atoms with van der Waals surface area (Å²) in [5, 5.41) is 14.1. The van der Waals surface area contributed by atoms with Crippen molar-refractivity contribution in [3.05, 3.63) is 106 Å². The van der Waals surface area contributed by atoms with Gasteiger partial charge in [0.05, 0.1) is 18.1 Å². The van der Waals surface area contributed by atoms with E-state index in [0.717, 1.165) is 5.56 Å². The zero-order valence-electron chi connectivity index (χ0n) is 16.7. The van der Waals surface area contributed by atoms with Crippen molar-refractivity contribution in [2.45, 2.75) is 13.0 Å². The Morgan fingerprint density at radius 3 is 2.43 bits per heavy atom. The monoisotopic (exact) mass is 402 g/mol. The number of methoxy groups -OCH3 is 1. The van der Waals surface area contributed by atoms with E-state index in [1.807, 2.05) is 61.5 Å². The molecule has 3 aromatic carbocycles. The van der Waals surface area contributed by atoms with E-state index in [9.17, 15) is 14.9 Å². The van der Waals surface area contributed by atoms with E-state index in [0.29, 0.717) is 22.4 Å². The smallest absolute Gasteiger partial charge is 0.270 e. The topological polar surface area (TPSA) is 81.5 Å². The fraction of sp³-hybridized carbons (Fsp3) is 0.125. The highest BCUT2D eigenvalue weighted by Gasteiger charge is 2.18. The molecule has 0 aliphatic rings. The van der Waals surface area contributed by atoms with Crippen LogP contribution < -0.4 is 10.1 Å². The average Bonchev–Trinajstić information content (AvgIpc) is 2.78. The van der Waals surface area contributed by atoms with E-state index in [2.05, 4.69) is 5.32 Å². The second-order valence-corrected chi connectivity index (χ2v) is 6.71. The van der Waals surface area contributed by atoms with Crippen LogP contribution in [0.3, 0.4) is 0 Å². The van der Waals surface area contributed by atoms with Crippen molar-refractivity contribution in [1.29, 1.82) is 0 Å². The molecule has 0 aliphatic heterocycles. The molecule has 0 spiro atoms. The molecule has 1 amide bonds. The number of hydrogen-bond acceptors (Lipinski definition) is 4. The molecule has 0 bridgehead atoms. The number of ether oxygens (including phenoxy) is 1. The number of carbonyl (C=O) groups is 1. The van der Waals surface area contributed by atoms with Gasteiger partial charge in [-0.15, -0.1) is 0 Å². The molecule has 1 N–H and O–H groups in total. The first-order valence-electron chi connectivity index (χ1n) is 9.45. The van der Waals surface area contributed by atoms with Gasteiger partial charge in [0.25, 0.3) is 11.6 Å². The van der Waals surface area contributed by atoms with E-state index in [4.69, 9.17) is 4.74 Å². The summed E-state index contributed by atoms with van der Waals surface area (Å²) in [4.78, 5) is 23.8. The van der Waals surface area contributed by atoms with Crippen molar-refractivity contribution in [3.63, 3.8) is 0 Å². The first-order chi connectivity index (χ1) is 14.5. The van der Waals surface area contributed by atoms with Crippen LogP contribution in [0.25, 0.3) is 11.6 Å². The van der Waals surface area contributed by atoms with Gasteiger partial charge in [-0.05, 0) is 30.2 Å². The van der Waals surface area contributed by atoms with Crippen LogP contribution in [0, 0.1) is 10.1 Å². The number of rotatable bonds is 7. The Kier molecular flexibility index (Phi) is 6.60. The van der Waals surface area contributed by atoms with Crippen LogP contribution in [0.1, 0.15) is 29.7 Å². The molecule has 0 heterocycles. The quantitative estimate of drug-likeness (QED) is 0.260. The molecule has 0 aliphatic carbocycles. The maximum absolute atomic E-state index is 13.2. The molecule has 0 unspecified atom stereocenters.